The molecule has 0 unspecified atom stereocenters. The quantitative estimate of drug-likeness (QED) is 0.686. The van der Waals surface area contributed by atoms with Crippen molar-refractivity contribution in [3.8, 4) is 0 Å². The lowest BCUT2D eigenvalue weighted by Gasteiger charge is -2.16. The summed E-state index contributed by atoms with van der Waals surface area (Å²) in [6, 6.07) is 3.48. The van der Waals surface area contributed by atoms with Crippen LogP contribution in [0.1, 0.15) is 5.56 Å². The number of hydrogen-bond acceptors (Lipinski definition) is 6. The number of aryl methyl sites for hydroxylation is 1. The van der Waals surface area contributed by atoms with Crippen molar-refractivity contribution >= 4 is 22.9 Å². The zero-order valence-electron chi connectivity index (χ0n) is 12.7. The molecule has 9 nitrogen and oxygen atoms in total. The summed E-state index contributed by atoms with van der Waals surface area (Å²) in [7, 11) is 1.67. The number of oxazole rings is 1. The Morgan fingerprint density at radius 2 is 2.21 bits per heavy atom. The van der Waals surface area contributed by atoms with Gasteiger partial charge in [0, 0.05) is 25.2 Å². The number of carbonyl (C=O) groups is 1. The molecule has 5 rings (SSSR count). The van der Waals surface area contributed by atoms with Crippen LogP contribution in [-0.4, -0.2) is 37.8 Å². The summed E-state index contributed by atoms with van der Waals surface area (Å²) in [5, 5.41) is 7.69. The number of anilines is 1. The van der Waals surface area contributed by atoms with Crippen molar-refractivity contribution in [2.75, 3.05) is 4.90 Å². The summed E-state index contributed by atoms with van der Waals surface area (Å²) < 4.78 is 14.0. The molecule has 2 atom stereocenters. The fourth-order valence-electron chi connectivity index (χ4n) is 3.61. The highest BCUT2D eigenvalue weighted by atomic mass is 16.6. The van der Waals surface area contributed by atoms with E-state index in [1.54, 1.807) is 35.1 Å². The number of ether oxygens (including phenoxy) is 1. The monoisotopic (exact) mass is 327 g/mol. The van der Waals surface area contributed by atoms with Crippen LogP contribution in [0.2, 0.25) is 0 Å². The minimum absolute atomic E-state index is 0.146. The van der Waals surface area contributed by atoms with E-state index >= 15 is 0 Å². The van der Waals surface area contributed by atoms with Crippen molar-refractivity contribution in [3.63, 3.8) is 0 Å². The number of nitrogens with zero attached hydrogens (tertiary/aromatic N) is 5. The molecule has 0 aliphatic carbocycles. The van der Waals surface area contributed by atoms with E-state index in [2.05, 4.69) is 10.3 Å². The number of cyclic esters (lactones) is 1. The second-order valence-electron chi connectivity index (χ2n) is 6.03. The lowest BCUT2D eigenvalue weighted by molar-refractivity contribution is 0.117. The Hall–Kier alpha value is -3.10. The maximum absolute atomic E-state index is 12.3. The van der Waals surface area contributed by atoms with Crippen molar-refractivity contribution in [2.24, 2.45) is 7.05 Å². The molecule has 122 valence electrons. The second kappa shape index (κ2) is 4.47. The number of carbonyl (C=O) groups excluding carboxylic acids is 1. The van der Waals surface area contributed by atoms with E-state index in [0.717, 1.165) is 16.8 Å². The molecule has 0 bridgehead atoms. The summed E-state index contributed by atoms with van der Waals surface area (Å²) >= 11 is 0. The van der Waals surface area contributed by atoms with Gasteiger partial charge in [-0.25, -0.2) is 14.3 Å². The third-order valence-corrected chi connectivity index (χ3v) is 4.76. The number of rotatable bonds is 2. The molecule has 1 aromatic carbocycles. The molecular formula is C15H13N5O4. The third kappa shape index (κ3) is 1.63. The van der Waals surface area contributed by atoms with Crippen LogP contribution in [0.3, 0.4) is 0 Å². The summed E-state index contributed by atoms with van der Waals surface area (Å²) in [6.45, 7) is 0.433. The fourth-order valence-corrected chi connectivity index (χ4v) is 3.61. The van der Waals surface area contributed by atoms with Crippen LogP contribution < -0.4 is 10.7 Å². The minimum atomic E-state index is -0.410. The van der Waals surface area contributed by atoms with Crippen molar-refractivity contribution in [3.05, 3.63) is 40.6 Å². The first kappa shape index (κ1) is 13.3. The van der Waals surface area contributed by atoms with Gasteiger partial charge in [-0.05, 0) is 12.1 Å². The molecule has 0 N–H and O–H groups in total. The first-order valence-corrected chi connectivity index (χ1v) is 7.59. The molecule has 2 aromatic heterocycles. The Morgan fingerprint density at radius 1 is 1.33 bits per heavy atom. The molecule has 2 aliphatic heterocycles. The van der Waals surface area contributed by atoms with Crippen LogP contribution in [0.25, 0.3) is 11.1 Å². The zero-order chi connectivity index (χ0) is 16.4. The summed E-state index contributed by atoms with van der Waals surface area (Å²) in [4.78, 5) is 25.8. The third-order valence-electron chi connectivity index (χ3n) is 4.76. The highest BCUT2D eigenvalue weighted by molar-refractivity contribution is 5.98. The van der Waals surface area contributed by atoms with E-state index in [-0.39, 0.29) is 18.2 Å². The van der Waals surface area contributed by atoms with Crippen molar-refractivity contribution in [1.29, 1.82) is 0 Å². The highest BCUT2D eigenvalue weighted by Crippen LogP contribution is 2.42. The normalized spacial score (nSPS) is 22.0. The lowest BCUT2D eigenvalue weighted by Crippen LogP contribution is -2.35. The standard InChI is InChI=1S/C15H13N5O4/c1-18-10-3-2-9-8(13(10)24-14(18)21)6-11-12(23-15(22)20(9)11)7-19-5-4-16-17-19/h2-5,11-12H,6-7H2,1H3/t11-,12-/m0/s1. The Balaban J connectivity index is 1.58. The summed E-state index contributed by atoms with van der Waals surface area (Å²) in [6.07, 6.45) is 3.16. The molecule has 0 spiro atoms. The lowest BCUT2D eigenvalue weighted by atomic mass is 10.0. The van der Waals surface area contributed by atoms with E-state index in [1.165, 1.54) is 4.57 Å². The molecule has 0 saturated carbocycles. The van der Waals surface area contributed by atoms with Gasteiger partial charge in [0.1, 0.15) is 6.10 Å². The molecule has 2 aliphatic rings. The Morgan fingerprint density at radius 3 is 3.00 bits per heavy atom. The van der Waals surface area contributed by atoms with E-state index in [9.17, 15) is 9.59 Å². The second-order valence-corrected chi connectivity index (χ2v) is 6.03. The predicted octanol–water partition coefficient (Wildman–Crippen LogP) is 0.673. The summed E-state index contributed by atoms with van der Waals surface area (Å²) in [5.41, 5.74) is 2.88. The minimum Gasteiger partial charge on any atom is -0.442 e. The molecule has 1 saturated heterocycles. The van der Waals surface area contributed by atoms with Gasteiger partial charge >= 0.3 is 11.8 Å². The Kier molecular flexibility index (Phi) is 2.48. The molecule has 1 amide bonds. The molecule has 1 fully saturated rings. The number of fused-ring (bicyclic) bond motifs is 5. The molecule has 0 radical (unpaired) electrons. The van der Waals surface area contributed by atoms with Gasteiger partial charge in [-0.15, -0.1) is 5.10 Å². The van der Waals surface area contributed by atoms with Crippen LogP contribution in [0, 0.1) is 0 Å². The van der Waals surface area contributed by atoms with Crippen molar-refractivity contribution in [1.82, 2.24) is 19.6 Å². The van der Waals surface area contributed by atoms with Crippen molar-refractivity contribution in [2.45, 2.75) is 25.1 Å². The van der Waals surface area contributed by atoms with Crippen LogP contribution in [-0.2, 0) is 24.8 Å². The first-order chi connectivity index (χ1) is 11.6. The Bertz CT molecular complexity index is 1020. The molecule has 3 aromatic rings. The smallest absolute Gasteiger partial charge is 0.419 e. The van der Waals surface area contributed by atoms with Gasteiger partial charge in [-0.2, -0.15) is 0 Å². The van der Waals surface area contributed by atoms with E-state index < -0.39 is 5.76 Å². The average Bonchev–Trinajstić information content (AvgIpc) is 3.29. The fraction of sp³-hybridized carbons (Fsp3) is 0.333. The number of benzene rings is 1. The maximum atomic E-state index is 12.3. The molecule has 24 heavy (non-hydrogen) atoms. The summed E-state index contributed by atoms with van der Waals surface area (Å²) in [5.74, 6) is -0.410. The zero-order valence-corrected chi connectivity index (χ0v) is 12.7. The van der Waals surface area contributed by atoms with Gasteiger partial charge in [-0.1, -0.05) is 5.21 Å². The van der Waals surface area contributed by atoms with Gasteiger partial charge < -0.3 is 9.15 Å². The topological polar surface area (TPSA) is 95.4 Å². The SMILES string of the molecule is Cn1c(=O)oc2c3c(ccc21)N1C(=O)O[C@@H](Cn2ccnn2)[C@@H]1C3. The highest BCUT2D eigenvalue weighted by Gasteiger charge is 2.48. The average molecular weight is 327 g/mol. The van der Waals surface area contributed by atoms with Crippen LogP contribution in [0.15, 0.2) is 33.7 Å². The van der Waals surface area contributed by atoms with Crippen molar-refractivity contribution < 1.29 is 13.9 Å². The van der Waals surface area contributed by atoms with Crippen LogP contribution >= 0.6 is 0 Å². The van der Waals surface area contributed by atoms with Crippen LogP contribution in [0.5, 0.6) is 0 Å². The van der Waals surface area contributed by atoms with Gasteiger partial charge in [0.25, 0.3) is 0 Å². The maximum Gasteiger partial charge on any atom is 0.419 e. The van der Waals surface area contributed by atoms with Crippen LogP contribution in [0.4, 0.5) is 10.5 Å². The number of hydrogen-bond donors (Lipinski definition) is 0. The van der Waals surface area contributed by atoms with Gasteiger partial charge in [0.2, 0.25) is 0 Å². The number of amides is 1. The van der Waals surface area contributed by atoms with Gasteiger partial charge in [0.15, 0.2) is 5.58 Å². The van der Waals surface area contributed by atoms with Gasteiger partial charge in [0.05, 0.1) is 30.0 Å². The van der Waals surface area contributed by atoms with E-state index in [1.807, 2.05) is 6.07 Å². The molecule has 4 heterocycles. The number of aromatic nitrogens is 4. The van der Waals surface area contributed by atoms with E-state index in [4.69, 9.17) is 9.15 Å². The van der Waals surface area contributed by atoms with Gasteiger partial charge in [-0.3, -0.25) is 9.47 Å². The molecule has 9 heteroatoms. The Labute approximate surface area is 135 Å². The predicted molar refractivity (Wildman–Crippen MR) is 81.7 cm³/mol. The first-order valence-electron chi connectivity index (χ1n) is 7.59. The largest absolute Gasteiger partial charge is 0.442 e. The van der Waals surface area contributed by atoms with E-state index in [0.29, 0.717) is 18.5 Å². The molecular weight excluding hydrogens is 314 g/mol.